The summed E-state index contributed by atoms with van der Waals surface area (Å²) >= 11 is 0. The predicted molar refractivity (Wildman–Crippen MR) is 103 cm³/mol. The van der Waals surface area contributed by atoms with Crippen LogP contribution >= 0.6 is 0 Å². The van der Waals surface area contributed by atoms with Crippen LogP contribution in [0.5, 0.6) is 0 Å². The van der Waals surface area contributed by atoms with Crippen LogP contribution < -0.4 is 4.90 Å². The van der Waals surface area contributed by atoms with Crippen LogP contribution in [0, 0.1) is 0 Å². The molecule has 2 atom stereocenters. The number of rotatable bonds is 6. The van der Waals surface area contributed by atoms with Crippen LogP contribution in [0.3, 0.4) is 0 Å². The molecule has 1 aromatic carbocycles. The van der Waals surface area contributed by atoms with E-state index in [1.54, 1.807) is 18.0 Å². The number of hydrogen-bond donors (Lipinski definition) is 0. The summed E-state index contributed by atoms with van der Waals surface area (Å²) in [6.07, 6.45) is 1.55. The van der Waals surface area contributed by atoms with E-state index in [9.17, 15) is 14.0 Å². The molecule has 29 heavy (non-hydrogen) atoms. The fraction of sp³-hybridized carbons (Fsp3) is 0.500. The molecule has 0 N–H and O–H groups in total. The summed E-state index contributed by atoms with van der Waals surface area (Å²) in [7, 11) is 0. The van der Waals surface area contributed by atoms with Crippen molar-refractivity contribution in [2.75, 3.05) is 31.2 Å². The van der Waals surface area contributed by atoms with Gasteiger partial charge in [0.25, 0.3) is 5.91 Å². The molecule has 1 saturated heterocycles. The fourth-order valence-corrected chi connectivity index (χ4v) is 4.00. The summed E-state index contributed by atoms with van der Waals surface area (Å²) in [5.74, 6) is -0.442. The number of aromatic nitrogens is 3. The van der Waals surface area contributed by atoms with Gasteiger partial charge in [0.05, 0.1) is 25.3 Å². The van der Waals surface area contributed by atoms with Crippen molar-refractivity contribution in [2.24, 2.45) is 0 Å². The monoisotopic (exact) mass is 401 g/mol. The van der Waals surface area contributed by atoms with Gasteiger partial charge >= 0.3 is 0 Å². The van der Waals surface area contributed by atoms with Gasteiger partial charge < -0.3 is 14.5 Å². The van der Waals surface area contributed by atoms with Crippen LogP contribution in [0.1, 0.15) is 29.4 Å². The molecule has 0 bridgehead atoms. The Morgan fingerprint density at radius 1 is 1.31 bits per heavy atom. The Morgan fingerprint density at radius 3 is 2.97 bits per heavy atom. The molecule has 3 heterocycles. The number of hydrogen-bond acceptors (Lipinski definition) is 5. The maximum Gasteiger partial charge on any atom is 0.280 e. The highest BCUT2D eigenvalue weighted by molar-refractivity contribution is 6.05. The molecule has 0 spiro atoms. The Labute approximate surface area is 168 Å². The number of anilines is 1. The summed E-state index contributed by atoms with van der Waals surface area (Å²) in [6.45, 7) is 3.12. The van der Waals surface area contributed by atoms with Crippen molar-refractivity contribution >= 4 is 17.5 Å². The van der Waals surface area contributed by atoms with E-state index in [1.807, 2.05) is 24.3 Å². The highest BCUT2D eigenvalue weighted by Gasteiger charge is 2.36. The van der Waals surface area contributed by atoms with Gasteiger partial charge in [-0.1, -0.05) is 23.4 Å². The third-order valence-electron chi connectivity index (χ3n) is 5.40. The largest absolute Gasteiger partial charge is 0.372 e. The lowest BCUT2D eigenvalue weighted by Crippen LogP contribution is -2.40. The molecule has 0 saturated carbocycles. The van der Waals surface area contributed by atoms with Crippen LogP contribution in [0.4, 0.5) is 10.1 Å². The second kappa shape index (κ2) is 8.28. The van der Waals surface area contributed by atoms with Gasteiger partial charge in [-0.25, -0.2) is 9.07 Å². The molecular formula is C20H24FN5O3. The van der Waals surface area contributed by atoms with Crippen molar-refractivity contribution in [3.63, 3.8) is 0 Å². The first-order valence-corrected chi connectivity index (χ1v) is 9.88. The fourth-order valence-electron chi connectivity index (χ4n) is 4.00. The number of nitrogens with zero attached hydrogens (tertiary/aromatic N) is 5. The molecule has 2 aliphatic rings. The molecule has 1 fully saturated rings. The maximum atomic E-state index is 13.9. The first-order valence-electron chi connectivity index (χ1n) is 9.88. The van der Waals surface area contributed by atoms with Crippen molar-refractivity contribution in [2.45, 2.75) is 38.5 Å². The average molecular weight is 401 g/mol. The number of carbonyl (C=O) groups is 2. The number of carbonyl (C=O) groups excluding carboxylic acids is 2. The quantitative estimate of drug-likeness (QED) is 0.732. The minimum atomic E-state index is -1.07. The van der Waals surface area contributed by atoms with Gasteiger partial charge in [-0.05, 0) is 25.0 Å². The lowest BCUT2D eigenvalue weighted by atomic mass is 10.2. The third-order valence-corrected chi connectivity index (χ3v) is 5.40. The molecule has 1 aromatic heterocycles. The maximum absolute atomic E-state index is 13.9. The standard InChI is InChI=1S/C20H24FN5O3/c1-2-29-13-19(27)26-10-15(21)9-16(26)11-24-12-17(22-23-24)20(28)25-8-7-14-5-3-4-6-18(14)25/h3-6,12,15-16H,2,7-11,13H2,1H3/t15-,16-/m0/s1. The Hall–Kier alpha value is -2.81. The smallest absolute Gasteiger partial charge is 0.280 e. The summed E-state index contributed by atoms with van der Waals surface area (Å²) in [6, 6.07) is 7.46. The molecule has 2 amide bonds. The number of benzene rings is 1. The Morgan fingerprint density at radius 2 is 2.14 bits per heavy atom. The first-order chi connectivity index (χ1) is 14.1. The number of halogens is 1. The number of para-hydroxylation sites is 1. The highest BCUT2D eigenvalue weighted by Crippen LogP contribution is 2.28. The summed E-state index contributed by atoms with van der Waals surface area (Å²) in [5.41, 5.74) is 2.27. The van der Waals surface area contributed by atoms with Crippen molar-refractivity contribution in [3.05, 3.63) is 41.7 Å². The second-order valence-corrected chi connectivity index (χ2v) is 7.33. The van der Waals surface area contributed by atoms with Gasteiger partial charge in [-0.15, -0.1) is 5.10 Å². The van der Waals surface area contributed by atoms with Crippen molar-refractivity contribution in [1.82, 2.24) is 19.9 Å². The van der Waals surface area contributed by atoms with E-state index in [0.717, 1.165) is 17.7 Å². The molecule has 2 aromatic rings. The number of fused-ring (bicyclic) bond motifs is 1. The van der Waals surface area contributed by atoms with Crippen molar-refractivity contribution in [3.8, 4) is 0 Å². The van der Waals surface area contributed by atoms with Crippen molar-refractivity contribution < 1.29 is 18.7 Å². The molecule has 0 aliphatic carbocycles. The van der Waals surface area contributed by atoms with Crippen molar-refractivity contribution in [1.29, 1.82) is 0 Å². The van der Waals surface area contributed by atoms with Gasteiger partial charge in [-0.2, -0.15) is 0 Å². The van der Waals surface area contributed by atoms with Gasteiger partial charge in [0.1, 0.15) is 12.8 Å². The lowest BCUT2D eigenvalue weighted by Gasteiger charge is -2.23. The Balaban J connectivity index is 1.44. The van der Waals surface area contributed by atoms with E-state index < -0.39 is 6.17 Å². The van der Waals surface area contributed by atoms with Crippen LogP contribution in [0.2, 0.25) is 0 Å². The molecule has 2 aliphatic heterocycles. The van der Waals surface area contributed by atoms with Gasteiger partial charge in [0.2, 0.25) is 5.91 Å². The Bertz CT molecular complexity index is 902. The van der Waals surface area contributed by atoms with Crippen LogP contribution in [-0.4, -0.2) is 70.2 Å². The van der Waals surface area contributed by atoms with E-state index in [0.29, 0.717) is 13.2 Å². The van der Waals surface area contributed by atoms with Gasteiger partial charge in [-0.3, -0.25) is 9.59 Å². The van der Waals surface area contributed by atoms with E-state index in [2.05, 4.69) is 10.3 Å². The van der Waals surface area contributed by atoms with Crippen LogP contribution in [0.15, 0.2) is 30.5 Å². The van der Waals surface area contributed by atoms with E-state index in [4.69, 9.17) is 4.74 Å². The number of amides is 2. The molecule has 0 radical (unpaired) electrons. The van der Waals surface area contributed by atoms with Gasteiger partial charge in [0.15, 0.2) is 5.69 Å². The summed E-state index contributed by atoms with van der Waals surface area (Å²) in [4.78, 5) is 28.4. The molecule has 8 nitrogen and oxygen atoms in total. The van der Waals surface area contributed by atoms with Gasteiger partial charge in [0, 0.05) is 25.3 Å². The lowest BCUT2D eigenvalue weighted by molar-refractivity contribution is -0.137. The molecule has 4 rings (SSSR count). The highest BCUT2D eigenvalue weighted by atomic mass is 19.1. The average Bonchev–Trinajstić information content (AvgIpc) is 3.44. The van der Waals surface area contributed by atoms with E-state index >= 15 is 0 Å². The molecular weight excluding hydrogens is 377 g/mol. The zero-order valence-electron chi connectivity index (χ0n) is 16.3. The van der Waals surface area contributed by atoms with Crippen LogP contribution in [0.25, 0.3) is 0 Å². The zero-order valence-corrected chi connectivity index (χ0v) is 16.3. The normalized spacial score (nSPS) is 20.9. The Kier molecular flexibility index (Phi) is 5.57. The summed E-state index contributed by atoms with van der Waals surface area (Å²) in [5, 5.41) is 8.05. The minimum absolute atomic E-state index is 0.0572. The second-order valence-electron chi connectivity index (χ2n) is 7.33. The third kappa shape index (κ3) is 4.00. The predicted octanol–water partition coefficient (Wildman–Crippen LogP) is 1.46. The molecule has 0 unspecified atom stereocenters. The zero-order chi connectivity index (χ0) is 20.4. The summed E-state index contributed by atoms with van der Waals surface area (Å²) < 4.78 is 20.6. The molecule has 9 heteroatoms. The first kappa shape index (κ1) is 19.5. The SMILES string of the molecule is CCOCC(=O)N1C[C@@H](F)C[C@H]1Cn1cc(C(=O)N2CCc3ccccc32)nn1. The van der Waals surface area contributed by atoms with Crippen LogP contribution in [-0.2, 0) is 22.5 Å². The number of alkyl halides is 1. The minimum Gasteiger partial charge on any atom is -0.372 e. The number of likely N-dealkylation sites (tertiary alicyclic amines) is 1. The van der Waals surface area contributed by atoms with E-state index in [1.165, 1.54) is 9.58 Å². The number of ether oxygens (including phenoxy) is 1. The topological polar surface area (TPSA) is 80.6 Å². The molecule has 154 valence electrons. The van der Waals surface area contributed by atoms with E-state index in [-0.39, 0.29) is 49.7 Å².